The summed E-state index contributed by atoms with van der Waals surface area (Å²) in [5, 5.41) is 3.19. The molecule has 0 radical (unpaired) electrons. The second-order valence-corrected chi connectivity index (χ2v) is 7.10. The molecule has 2 N–H and O–H groups in total. The Morgan fingerprint density at radius 3 is 2.96 bits per heavy atom. The van der Waals surface area contributed by atoms with Crippen LogP contribution in [-0.4, -0.2) is 39.6 Å². The molecule has 1 aromatic carbocycles. The Hall–Kier alpha value is -2.73. The van der Waals surface area contributed by atoms with E-state index in [9.17, 15) is 4.79 Å². The first-order chi connectivity index (χ1) is 12.8. The number of carbonyl (C=O) groups is 1. The number of H-pyrrole nitrogens is 1. The Kier molecular flexibility index (Phi) is 3.71. The number of aromatic amines is 1. The Morgan fingerprint density at radius 2 is 2.12 bits per heavy atom. The molecule has 1 saturated heterocycles. The van der Waals surface area contributed by atoms with Crippen LogP contribution in [0.1, 0.15) is 22.6 Å². The van der Waals surface area contributed by atoms with Gasteiger partial charge >= 0.3 is 0 Å². The summed E-state index contributed by atoms with van der Waals surface area (Å²) < 4.78 is 5.92. The Bertz CT molecular complexity index is 906. The van der Waals surface area contributed by atoms with Crippen LogP contribution in [0.5, 0.6) is 0 Å². The van der Waals surface area contributed by atoms with E-state index >= 15 is 0 Å². The van der Waals surface area contributed by atoms with Crippen LogP contribution in [0.25, 0.3) is 11.2 Å². The molecule has 2 fully saturated rings. The van der Waals surface area contributed by atoms with Crippen LogP contribution >= 0.6 is 0 Å². The van der Waals surface area contributed by atoms with Gasteiger partial charge in [0.2, 0.25) is 0 Å². The number of imidazole rings is 1. The van der Waals surface area contributed by atoms with Crippen LogP contribution in [0, 0.1) is 11.8 Å². The molecule has 0 bridgehead atoms. The third kappa shape index (κ3) is 2.57. The highest BCUT2D eigenvalue weighted by atomic mass is 16.5. The zero-order valence-electron chi connectivity index (χ0n) is 14.3. The second kappa shape index (κ2) is 6.21. The van der Waals surface area contributed by atoms with Gasteiger partial charge in [-0.25, -0.2) is 9.97 Å². The Morgan fingerprint density at radius 1 is 1.23 bits per heavy atom. The number of hydrogen-bond acceptors (Lipinski definition) is 4. The van der Waals surface area contributed by atoms with E-state index in [1.54, 1.807) is 6.20 Å². The van der Waals surface area contributed by atoms with Crippen molar-refractivity contribution in [2.24, 2.45) is 11.8 Å². The molecular formula is C20H20N4O2. The molecule has 0 spiro atoms. The van der Waals surface area contributed by atoms with Gasteiger partial charge in [-0.2, -0.15) is 0 Å². The van der Waals surface area contributed by atoms with E-state index in [0.717, 1.165) is 25.0 Å². The highest BCUT2D eigenvalue weighted by molar-refractivity contribution is 5.93. The van der Waals surface area contributed by atoms with Gasteiger partial charge in [0.25, 0.3) is 5.91 Å². The number of ether oxygens (including phenoxy) is 1. The van der Waals surface area contributed by atoms with Crippen LogP contribution in [0.3, 0.4) is 0 Å². The average molecular weight is 348 g/mol. The summed E-state index contributed by atoms with van der Waals surface area (Å²) in [5.74, 6) is 0.849. The molecule has 0 unspecified atom stereocenters. The zero-order valence-corrected chi connectivity index (χ0v) is 14.3. The fraction of sp³-hybridized carbons (Fsp3) is 0.350. The van der Waals surface area contributed by atoms with E-state index in [-0.39, 0.29) is 18.1 Å². The largest absolute Gasteiger partial charge is 0.377 e. The number of amides is 1. The fourth-order valence-corrected chi connectivity index (χ4v) is 4.35. The number of benzene rings is 1. The number of aromatic nitrogens is 3. The van der Waals surface area contributed by atoms with Gasteiger partial charge in [-0.3, -0.25) is 4.79 Å². The van der Waals surface area contributed by atoms with Gasteiger partial charge in [0, 0.05) is 30.7 Å². The molecule has 2 aromatic heterocycles. The van der Waals surface area contributed by atoms with Crippen molar-refractivity contribution < 1.29 is 9.53 Å². The van der Waals surface area contributed by atoms with Gasteiger partial charge in [-0.15, -0.1) is 0 Å². The van der Waals surface area contributed by atoms with Crippen LogP contribution < -0.4 is 5.32 Å². The third-order valence-electron chi connectivity index (χ3n) is 5.61. The highest BCUT2D eigenvalue weighted by Gasteiger charge is 2.54. The van der Waals surface area contributed by atoms with Crippen molar-refractivity contribution in [2.75, 3.05) is 6.61 Å². The number of carbonyl (C=O) groups excluding carboxylic acids is 1. The average Bonchev–Trinajstić information content (AvgIpc) is 3.29. The minimum atomic E-state index is -0.170. The summed E-state index contributed by atoms with van der Waals surface area (Å²) in [4.78, 5) is 24.3. The second-order valence-electron chi connectivity index (χ2n) is 7.10. The van der Waals surface area contributed by atoms with Gasteiger partial charge in [-0.05, 0) is 30.5 Å². The van der Waals surface area contributed by atoms with Crippen molar-refractivity contribution in [3.63, 3.8) is 0 Å². The zero-order chi connectivity index (χ0) is 17.5. The van der Waals surface area contributed by atoms with E-state index < -0.39 is 0 Å². The van der Waals surface area contributed by atoms with Gasteiger partial charge < -0.3 is 15.0 Å². The lowest BCUT2D eigenvalue weighted by Gasteiger charge is -2.48. The van der Waals surface area contributed by atoms with E-state index in [1.165, 1.54) is 5.56 Å². The van der Waals surface area contributed by atoms with Crippen molar-refractivity contribution in [1.82, 2.24) is 20.3 Å². The molecule has 2 aliphatic rings. The van der Waals surface area contributed by atoms with Crippen LogP contribution in [0.15, 0.2) is 48.7 Å². The predicted molar refractivity (Wildman–Crippen MR) is 96.6 cm³/mol. The molecule has 3 aromatic rings. The summed E-state index contributed by atoms with van der Waals surface area (Å²) in [7, 11) is 0. The molecule has 26 heavy (non-hydrogen) atoms. The molecule has 3 heterocycles. The smallest absolute Gasteiger partial charge is 0.287 e. The van der Waals surface area contributed by atoms with Crippen molar-refractivity contribution in [2.45, 2.75) is 25.0 Å². The van der Waals surface area contributed by atoms with Gasteiger partial charge in [0.15, 0.2) is 11.5 Å². The molecule has 1 amide bonds. The Labute approximate surface area is 151 Å². The van der Waals surface area contributed by atoms with Crippen molar-refractivity contribution in [3.8, 4) is 0 Å². The number of nitrogens with one attached hydrogen (secondary N) is 2. The maximum absolute atomic E-state index is 12.7. The lowest BCUT2D eigenvalue weighted by atomic mass is 9.64. The minimum absolute atomic E-state index is 0.122. The van der Waals surface area contributed by atoms with Gasteiger partial charge in [0.1, 0.15) is 0 Å². The van der Waals surface area contributed by atoms with E-state index in [2.05, 4.69) is 44.5 Å². The van der Waals surface area contributed by atoms with Crippen LogP contribution in [0.2, 0.25) is 0 Å². The number of rotatable bonds is 4. The third-order valence-corrected chi connectivity index (χ3v) is 5.61. The topological polar surface area (TPSA) is 79.9 Å². The van der Waals surface area contributed by atoms with Crippen molar-refractivity contribution in [1.29, 1.82) is 0 Å². The molecule has 6 heteroatoms. The summed E-state index contributed by atoms with van der Waals surface area (Å²) in [6, 6.07) is 14.2. The first kappa shape index (κ1) is 15.5. The lowest BCUT2D eigenvalue weighted by Crippen LogP contribution is -2.62. The summed E-state index contributed by atoms with van der Waals surface area (Å²) in [6.45, 7) is 0.779. The van der Waals surface area contributed by atoms with Gasteiger partial charge in [-0.1, -0.05) is 30.3 Å². The normalized spacial score (nSPS) is 27.1. The van der Waals surface area contributed by atoms with Crippen LogP contribution in [0.4, 0.5) is 0 Å². The molecule has 1 aliphatic heterocycles. The van der Waals surface area contributed by atoms with Crippen molar-refractivity contribution >= 4 is 17.1 Å². The Balaban J connectivity index is 1.34. The molecule has 1 aliphatic carbocycles. The monoisotopic (exact) mass is 348 g/mol. The number of hydrogen-bond donors (Lipinski definition) is 2. The minimum Gasteiger partial charge on any atom is -0.377 e. The first-order valence-corrected chi connectivity index (χ1v) is 9.07. The fourth-order valence-electron chi connectivity index (χ4n) is 4.35. The molecule has 132 valence electrons. The first-order valence-electron chi connectivity index (χ1n) is 9.07. The molecular weight excluding hydrogens is 328 g/mol. The lowest BCUT2D eigenvalue weighted by molar-refractivity contribution is -0.0528. The predicted octanol–water partition coefficient (Wildman–Crippen LogP) is 2.33. The number of fused-ring (bicyclic) bond motifs is 2. The standard InChI is InChI=1S/C20H20N4O2/c25-20(19-22-15-7-4-9-21-18(15)24-19)23-16-13-8-10-26-17(13)14(16)11-12-5-2-1-3-6-12/h1-7,9,13-14,16-17H,8,10-11H2,(H,23,25)(H,21,22,24)/t13-,14+,16-,17-/m0/s1. The van der Waals surface area contributed by atoms with Crippen LogP contribution in [-0.2, 0) is 11.2 Å². The molecule has 1 saturated carbocycles. The van der Waals surface area contributed by atoms with E-state index in [1.807, 2.05) is 18.2 Å². The van der Waals surface area contributed by atoms with E-state index in [0.29, 0.717) is 23.3 Å². The molecule has 4 atom stereocenters. The van der Waals surface area contributed by atoms with Crippen molar-refractivity contribution in [3.05, 3.63) is 60.0 Å². The number of nitrogens with zero attached hydrogens (tertiary/aromatic N) is 2. The summed E-state index contributed by atoms with van der Waals surface area (Å²) in [6.07, 6.45) is 3.84. The summed E-state index contributed by atoms with van der Waals surface area (Å²) >= 11 is 0. The number of pyridine rings is 1. The maximum atomic E-state index is 12.7. The molecule has 6 nitrogen and oxygen atoms in total. The maximum Gasteiger partial charge on any atom is 0.287 e. The SMILES string of the molecule is O=C(N[C@@H]1[C@@H](Cc2ccccc2)[C@H]2OCC[C@@H]12)c1nc2ncccc2[nH]1. The van der Waals surface area contributed by atoms with Gasteiger partial charge in [0.05, 0.1) is 11.6 Å². The quantitative estimate of drug-likeness (QED) is 0.758. The highest BCUT2D eigenvalue weighted by Crippen LogP contribution is 2.45. The van der Waals surface area contributed by atoms with E-state index in [4.69, 9.17) is 4.74 Å². The summed E-state index contributed by atoms with van der Waals surface area (Å²) in [5.41, 5.74) is 2.61. The molecule has 5 rings (SSSR count).